The molecule has 6 heteroatoms. The number of nitrogens with one attached hydrogen (secondary N) is 2. The second-order valence-corrected chi connectivity index (χ2v) is 5.38. The number of Topliss-reactive ketones (excluding diaryl/α,β-unsaturated/α-hetero) is 1. The van der Waals surface area contributed by atoms with Crippen molar-refractivity contribution in [2.24, 2.45) is 0 Å². The molecule has 1 aliphatic rings. The Morgan fingerprint density at radius 2 is 1.68 bits per heavy atom. The van der Waals surface area contributed by atoms with Crippen molar-refractivity contribution in [2.45, 2.75) is 18.3 Å². The maximum Gasteiger partial charge on any atom is 0.420 e. The third-order valence-electron chi connectivity index (χ3n) is 3.98. The molecule has 1 heterocycles. The molecule has 1 fully saturated rings. The number of fused-ring (bicyclic) bond motifs is 1. The van der Waals surface area contributed by atoms with Gasteiger partial charge in [0.05, 0.1) is 6.42 Å². The molecule has 0 saturated carbocycles. The van der Waals surface area contributed by atoms with Gasteiger partial charge < -0.3 is 0 Å². The van der Waals surface area contributed by atoms with Gasteiger partial charge in [-0.15, -0.1) is 0 Å². The minimum Gasteiger partial charge on any atom is -0.294 e. The van der Waals surface area contributed by atoms with E-state index in [0.717, 1.165) is 5.39 Å². The summed E-state index contributed by atoms with van der Waals surface area (Å²) in [4.78, 5) is 12.5. The van der Waals surface area contributed by atoms with Crippen LogP contribution >= 0.6 is 0 Å². The van der Waals surface area contributed by atoms with Gasteiger partial charge in [0.2, 0.25) is 0 Å². The lowest BCUT2D eigenvalue weighted by molar-refractivity contribution is -0.198. The summed E-state index contributed by atoms with van der Waals surface area (Å²) in [5.41, 5.74) is -2.02. The quantitative estimate of drug-likeness (QED) is 0.857. The van der Waals surface area contributed by atoms with Crippen molar-refractivity contribution >= 4 is 16.6 Å². The molecule has 0 amide bonds. The Bertz CT molecular complexity index is 701. The third-order valence-corrected chi connectivity index (χ3v) is 3.98. The maximum atomic E-state index is 13.3. The molecule has 0 radical (unpaired) electrons. The lowest BCUT2D eigenvalue weighted by Crippen LogP contribution is -2.61. The smallest absolute Gasteiger partial charge is 0.294 e. The van der Waals surface area contributed by atoms with Crippen molar-refractivity contribution in [1.82, 2.24) is 10.6 Å². The van der Waals surface area contributed by atoms with Crippen molar-refractivity contribution in [2.75, 3.05) is 13.1 Å². The average Bonchev–Trinajstić information content (AvgIpc) is 2.96. The molecule has 3 rings (SSSR count). The van der Waals surface area contributed by atoms with E-state index in [9.17, 15) is 18.0 Å². The molecule has 116 valence electrons. The first-order valence-electron chi connectivity index (χ1n) is 7.01. The molecular weight excluding hydrogens is 293 g/mol. The summed E-state index contributed by atoms with van der Waals surface area (Å²) in [6.45, 7) is 0.366. The van der Waals surface area contributed by atoms with Gasteiger partial charge >= 0.3 is 6.18 Å². The van der Waals surface area contributed by atoms with Crippen LogP contribution in [0.5, 0.6) is 0 Å². The molecular formula is C16H15F3N2O. The maximum absolute atomic E-state index is 13.3. The predicted octanol–water partition coefficient (Wildman–Crippen LogP) is 2.86. The Labute approximate surface area is 125 Å². The zero-order chi connectivity index (χ0) is 15.8. The average molecular weight is 308 g/mol. The van der Waals surface area contributed by atoms with E-state index in [-0.39, 0.29) is 13.1 Å². The van der Waals surface area contributed by atoms with Crippen molar-refractivity contribution in [3.8, 4) is 0 Å². The van der Waals surface area contributed by atoms with Gasteiger partial charge in [-0.05, 0) is 10.8 Å². The van der Waals surface area contributed by atoms with E-state index in [4.69, 9.17) is 0 Å². The van der Waals surface area contributed by atoms with Gasteiger partial charge in [-0.2, -0.15) is 13.2 Å². The highest BCUT2D eigenvalue weighted by Gasteiger charge is 2.57. The molecule has 0 aliphatic carbocycles. The summed E-state index contributed by atoms with van der Waals surface area (Å²) in [5, 5.41) is 6.31. The molecule has 2 aromatic rings. The van der Waals surface area contributed by atoms with Crippen LogP contribution in [0.15, 0.2) is 42.5 Å². The zero-order valence-corrected chi connectivity index (χ0v) is 11.7. The minimum absolute atomic E-state index is 0.183. The first kappa shape index (κ1) is 15.0. The molecule has 22 heavy (non-hydrogen) atoms. The van der Waals surface area contributed by atoms with Crippen LogP contribution in [0.2, 0.25) is 0 Å². The monoisotopic (exact) mass is 308 g/mol. The molecule has 1 aliphatic heterocycles. The highest BCUT2D eigenvalue weighted by molar-refractivity contribution is 6.08. The summed E-state index contributed by atoms with van der Waals surface area (Å²) < 4.78 is 40.0. The molecule has 0 unspecified atom stereocenters. The Kier molecular flexibility index (Phi) is 3.66. The van der Waals surface area contributed by atoms with Gasteiger partial charge in [0.25, 0.3) is 0 Å². The fourth-order valence-electron chi connectivity index (χ4n) is 2.84. The Hall–Kier alpha value is -1.92. The van der Waals surface area contributed by atoms with E-state index in [0.29, 0.717) is 10.9 Å². The summed E-state index contributed by atoms with van der Waals surface area (Å²) in [5.74, 6) is -0.531. The number of carbonyl (C=O) groups excluding carboxylic acids is 1. The van der Waals surface area contributed by atoms with Gasteiger partial charge in [-0.1, -0.05) is 42.5 Å². The van der Waals surface area contributed by atoms with Gasteiger partial charge in [0.15, 0.2) is 11.4 Å². The Morgan fingerprint density at radius 1 is 1.05 bits per heavy atom. The zero-order valence-electron chi connectivity index (χ0n) is 11.7. The van der Waals surface area contributed by atoms with Crippen LogP contribution in [-0.2, 0) is 0 Å². The standard InChI is InChI=1S/C16H15F3N2O/c17-16(18,19)15(20-8-9-21-15)10-14(22)13-7-3-5-11-4-1-2-6-12(11)13/h1-7,20-21H,8-10H2. The van der Waals surface area contributed by atoms with Crippen LogP contribution in [0.4, 0.5) is 13.2 Å². The molecule has 2 N–H and O–H groups in total. The van der Waals surface area contributed by atoms with Crippen LogP contribution in [-0.4, -0.2) is 30.7 Å². The van der Waals surface area contributed by atoms with Gasteiger partial charge in [-0.3, -0.25) is 15.4 Å². The van der Waals surface area contributed by atoms with E-state index >= 15 is 0 Å². The highest BCUT2D eigenvalue weighted by Crippen LogP contribution is 2.34. The van der Waals surface area contributed by atoms with Gasteiger partial charge in [-0.25, -0.2) is 0 Å². The fraction of sp³-hybridized carbons (Fsp3) is 0.312. The van der Waals surface area contributed by atoms with Crippen LogP contribution in [0.25, 0.3) is 10.8 Å². The second kappa shape index (κ2) is 5.37. The Balaban J connectivity index is 1.96. The van der Waals surface area contributed by atoms with Crippen LogP contribution < -0.4 is 10.6 Å². The molecule has 0 aromatic heterocycles. The lowest BCUT2D eigenvalue weighted by Gasteiger charge is -2.31. The molecule has 0 bridgehead atoms. The molecule has 0 atom stereocenters. The second-order valence-electron chi connectivity index (χ2n) is 5.38. The normalized spacial score (nSPS) is 17.8. The van der Waals surface area contributed by atoms with Crippen LogP contribution in [0.1, 0.15) is 16.8 Å². The van der Waals surface area contributed by atoms with Gasteiger partial charge in [0, 0.05) is 18.7 Å². The van der Waals surface area contributed by atoms with Crippen LogP contribution in [0, 0.1) is 0 Å². The number of ketones is 1. The van der Waals surface area contributed by atoms with E-state index in [1.807, 2.05) is 18.2 Å². The molecule has 2 aromatic carbocycles. The first-order valence-corrected chi connectivity index (χ1v) is 7.01. The summed E-state index contributed by atoms with van der Waals surface area (Å²) in [6, 6.07) is 12.3. The Morgan fingerprint density at radius 3 is 2.36 bits per heavy atom. The minimum atomic E-state index is -4.54. The molecule has 1 saturated heterocycles. The number of alkyl halides is 3. The van der Waals surface area contributed by atoms with E-state index in [2.05, 4.69) is 10.6 Å². The molecule has 3 nitrogen and oxygen atoms in total. The summed E-state index contributed by atoms with van der Waals surface area (Å²) in [6.07, 6.45) is -5.20. The van der Waals surface area contributed by atoms with Crippen molar-refractivity contribution in [1.29, 1.82) is 0 Å². The third kappa shape index (κ3) is 2.48. The number of rotatable bonds is 3. The van der Waals surface area contributed by atoms with E-state index < -0.39 is 24.0 Å². The number of carbonyl (C=O) groups is 1. The SMILES string of the molecule is O=C(CC1(C(F)(F)F)NCCN1)c1cccc2ccccc12. The van der Waals surface area contributed by atoms with Crippen LogP contribution in [0.3, 0.4) is 0 Å². The van der Waals surface area contributed by atoms with E-state index in [1.165, 1.54) is 0 Å². The first-order chi connectivity index (χ1) is 10.4. The lowest BCUT2D eigenvalue weighted by atomic mass is 9.94. The van der Waals surface area contributed by atoms with Crippen molar-refractivity contribution in [3.05, 3.63) is 48.0 Å². The van der Waals surface area contributed by atoms with Crippen molar-refractivity contribution < 1.29 is 18.0 Å². The predicted molar refractivity (Wildman–Crippen MR) is 77.7 cm³/mol. The fourth-order valence-corrected chi connectivity index (χ4v) is 2.84. The largest absolute Gasteiger partial charge is 0.420 e. The molecule has 0 spiro atoms. The number of halogens is 3. The topological polar surface area (TPSA) is 41.1 Å². The van der Waals surface area contributed by atoms with E-state index in [1.54, 1.807) is 24.3 Å². The van der Waals surface area contributed by atoms with Gasteiger partial charge in [0.1, 0.15) is 0 Å². The number of hydrogen-bond donors (Lipinski definition) is 2. The number of benzene rings is 2. The summed E-state index contributed by atoms with van der Waals surface area (Å²) >= 11 is 0. The number of hydrogen-bond acceptors (Lipinski definition) is 3. The highest BCUT2D eigenvalue weighted by atomic mass is 19.4. The summed E-state index contributed by atoms with van der Waals surface area (Å²) in [7, 11) is 0. The van der Waals surface area contributed by atoms with Crippen molar-refractivity contribution in [3.63, 3.8) is 0 Å².